The molecule has 0 spiro atoms. The largest absolute Gasteiger partial charge is 0.242 e. The molecule has 3 rings (SSSR count). The lowest BCUT2D eigenvalue weighted by Crippen LogP contribution is -1.84. The van der Waals surface area contributed by atoms with E-state index in [1.54, 1.807) is 11.3 Å². The summed E-state index contributed by atoms with van der Waals surface area (Å²) in [5.41, 5.74) is 5.47. The minimum atomic E-state index is 1.13. The van der Waals surface area contributed by atoms with Gasteiger partial charge in [-0.15, -0.1) is 11.3 Å². The summed E-state index contributed by atoms with van der Waals surface area (Å²) < 4.78 is 0. The van der Waals surface area contributed by atoms with Gasteiger partial charge in [-0.3, -0.25) is 0 Å². The van der Waals surface area contributed by atoms with E-state index in [1.807, 2.05) is 0 Å². The number of nitrogens with zero attached hydrogens (tertiary/aromatic N) is 1. The first kappa shape index (κ1) is 9.10. The van der Waals surface area contributed by atoms with Gasteiger partial charge in [0.25, 0.3) is 0 Å². The average Bonchev–Trinajstić information content (AvgIpc) is 2.84. The van der Waals surface area contributed by atoms with Gasteiger partial charge in [0.05, 0.1) is 10.7 Å². The lowest BCUT2D eigenvalue weighted by Gasteiger charge is -2.01. The Labute approximate surface area is 93.8 Å². The molecular formula is C13H13NS. The molecule has 0 atom stereocenters. The summed E-state index contributed by atoms with van der Waals surface area (Å²) in [5.74, 6) is 0. The minimum absolute atomic E-state index is 1.13. The molecule has 0 amide bonds. The van der Waals surface area contributed by atoms with E-state index in [-0.39, 0.29) is 0 Å². The fraction of sp³-hybridized carbons (Fsp3) is 0.308. The molecule has 1 aliphatic carbocycles. The van der Waals surface area contributed by atoms with E-state index < -0.39 is 0 Å². The van der Waals surface area contributed by atoms with Gasteiger partial charge in [-0.05, 0) is 43.4 Å². The van der Waals surface area contributed by atoms with Gasteiger partial charge in [0.1, 0.15) is 0 Å². The second-order valence-corrected chi connectivity index (χ2v) is 5.15. The lowest BCUT2D eigenvalue weighted by molar-refractivity contribution is 0.912. The van der Waals surface area contributed by atoms with Gasteiger partial charge in [0.2, 0.25) is 0 Å². The van der Waals surface area contributed by atoms with E-state index in [9.17, 15) is 0 Å². The highest BCUT2D eigenvalue weighted by Crippen LogP contribution is 2.28. The predicted molar refractivity (Wildman–Crippen MR) is 64.3 cm³/mol. The molecule has 0 saturated carbocycles. The summed E-state index contributed by atoms with van der Waals surface area (Å²) in [7, 11) is 0. The third kappa shape index (κ3) is 1.59. The van der Waals surface area contributed by atoms with Gasteiger partial charge in [0, 0.05) is 10.9 Å². The topological polar surface area (TPSA) is 12.9 Å². The number of hydrogen-bond donors (Lipinski definition) is 0. The Morgan fingerprint density at radius 2 is 2.07 bits per heavy atom. The van der Waals surface area contributed by atoms with Crippen LogP contribution in [0.2, 0.25) is 0 Å². The molecule has 1 aromatic carbocycles. The molecule has 1 aromatic heterocycles. The number of fused-ring (bicyclic) bond motifs is 1. The van der Waals surface area contributed by atoms with Crippen LogP contribution in [-0.4, -0.2) is 4.98 Å². The highest BCUT2D eigenvalue weighted by atomic mass is 32.1. The van der Waals surface area contributed by atoms with Gasteiger partial charge in [0.15, 0.2) is 0 Å². The van der Waals surface area contributed by atoms with Crippen molar-refractivity contribution in [1.82, 2.24) is 4.98 Å². The smallest absolute Gasteiger partial charge is 0.0901 e. The second-order valence-electron chi connectivity index (χ2n) is 4.09. The van der Waals surface area contributed by atoms with Crippen molar-refractivity contribution in [3.05, 3.63) is 39.7 Å². The Hall–Kier alpha value is -1.15. The average molecular weight is 215 g/mol. The number of benzene rings is 1. The fourth-order valence-corrected chi connectivity index (χ4v) is 2.85. The molecule has 0 aliphatic heterocycles. The van der Waals surface area contributed by atoms with Crippen LogP contribution in [0.5, 0.6) is 0 Å². The van der Waals surface area contributed by atoms with E-state index in [4.69, 9.17) is 0 Å². The Balaban J connectivity index is 2.06. The van der Waals surface area contributed by atoms with Crippen molar-refractivity contribution in [2.75, 3.05) is 0 Å². The first-order valence-electron chi connectivity index (χ1n) is 5.37. The highest BCUT2D eigenvalue weighted by molar-refractivity contribution is 7.09. The van der Waals surface area contributed by atoms with Crippen LogP contribution in [-0.2, 0) is 12.8 Å². The van der Waals surface area contributed by atoms with Crippen LogP contribution in [0.4, 0.5) is 0 Å². The molecule has 0 N–H and O–H groups in total. The standard InChI is InChI=1S/C13H13NS/c1-9-14-13(8-15-9)12-6-5-10-3-2-4-11(10)7-12/h5-8H,2-4H2,1H3. The highest BCUT2D eigenvalue weighted by Gasteiger charge is 2.12. The van der Waals surface area contributed by atoms with Gasteiger partial charge in [-0.2, -0.15) is 0 Å². The predicted octanol–water partition coefficient (Wildman–Crippen LogP) is 3.61. The normalized spacial score (nSPS) is 14.2. The maximum atomic E-state index is 4.52. The molecule has 1 aliphatic rings. The number of rotatable bonds is 1. The van der Waals surface area contributed by atoms with Crippen LogP contribution in [0.3, 0.4) is 0 Å². The van der Waals surface area contributed by atoms with Crippen molar-refractivity contribution in [2.45, 2.75) is 26.2 Å². The van der Waals surface area contributed by atoms with Crippen molar-refractivity contribution in [3.8, 4) is 11.3 Å². The second kappa shape index (κ2) is 3.46. The van der Waals surface area contributed by atoms with Crippen LogP contribution >= 0.6 is 11.3 Å². The Morgan fingerprint density at radius 3 is 2.87 bits per heavy atom. The van der Waals surface area contributed by atoms with Crippen LogP contribution in [0.1, 0.15) is 22.6 Å². The molecular weight excluding hydrogens is 202 g/mol. The van der Waals surface area contributed by atoms with Crippen LogP contribution in [0.25, 0.3) is 11.3 Å². The van der Waals surface area contributed by atoms with Crippen LogP contribution < -0.4 is 0 Å². The number of hydrogen-bond acceptors (Lipinski definition) is 2. The summed E-state index contributed by atoms with van der Waals surface area (Å²) in [5, 5.41) is 3.29. The quantitative estimate of drug-likeness (QED) is 0.708. The monoisotopic (exact) mass is 215 g/mol. The molecule has 76 valence electrons. The zero-order valence-corrected chi connectivity index (χ0v) is 9.60. The van der Waals surface area contributed by atoms with E-state index in [1.165, 1.54) is 36.0 Å². The summed E-state index contributed by atoms with van der Waals surface area (Å²) in [6, 6.07) is 6.79. The van der Waals surface area contributed by atoms with Gasteiger partial charge in [-0.25, -0.2) is 4.98 Å². The summed E-state index contributed by atoms with van der Waals surface area (Å²) >= 11 is 1.72. The van der Waals surface area contributed by atoms with Crippen LogP contribution in [0.15, 0.2) is 23.6 Å². The lowest BCUT2D eigenvalue weighted by atomic mass is 10.1. The molecule has 0 fully saturated rings. The molecule has 0 saturated heterocycles. The van der Waals surface area contributed by atoms with E-state index >= 15 is 0 Å². The fourth-order valence-electron chi connectivity index (χ4n) is 2.23. The Kier molecular flexibility index (Phi) is 2.10. The third-order valence-corrected chi connectivity index (χ3v) is 3.79. The zero-order chi connectivity index (χ0) is 10.3. The van der Waals surface area contributed by atoms with Gasteiger partial charge < -0.3 is 0 Å². The number of aryl methyl sites for hydroxylation is 3. The summed E-state index contributed by atoms with van der Waals surface area (Å²) in [6.45, 7) is 2.06. The SMILES string of the molecule is Cc1nc(-c2ccc3c(c2)CCC3)cs1. The first-order chi connectivity index (χ1) is 7.33. The number of aromatic nitrogens is 1. The van der Waals surface area contributed by atoms with E-state index in [0.717, 1.165) is 10.7 Å². The molecule has 1 nitrogen and oxygen atoms in total. The molecule has 0 unspecified atom stereocenters. The van der Waals surface area contributed by atoms with Gasteiger partial charge in [-0.1, -0.05) is 12.1 Å². The van der Waals surface area contributed by atoms with Crippen molar-refractivity contribution in [1.29, 1.82) is 0 Å². The zero-order valence-electron chi connectivity index (χ0n) is 8.79. The molecule has 2 aromatic rings. The summed E-state index contributed by atoms with van der Waals surface area (Å²) in [4.78, 5) is 4.52. The Morgan fingerprint density at radius 1 is 1.20 bits per heavy atom. The van der Waals surface area contributed by atoms with Crippen LogP contribution in [0, 0.1) is 6.92 Å². The number of thiazole rings is 1. The van der Waals surface area contributed by atoms with Gasteiger partial charge >= 0.3 is 0 Å². The van der Waals surface area contributed by atoms with E-state index in [2.05, 4.69) is 35.5 Å². The van der Waals surface area contributed by atoms with Crippen molar-refractivity contribution in [3.63, 3.8) is 0 Å². The Bertz CT molecular complexity index is 499. The van der Waals surface area contributed by atoms with Crippen molar-refractivity contribution in [2.24, 2.45) is 0 Å². The van der Waals surface area contributed by atoms with Crippen molar-refractivity contribution < 1.29 is 0 Å². The minimum Gasteiger partial charge on any atom is -0.242 e. The first-order valence-corrected chi connectivity index (χ1v) is 6.25. The molecule has 0 radical (unpaired) electrons. The maximum Gasteiger partial charge on any atom is 0.0901 e. The molecule has 0 bridgehead atoms. The summed E-state index contributed by atoms with van der Waals surface area (Å²) in [6.07, 6.45) is 3.81. The maximum absolute atomic E-state index is 4.52. The molecule has 2 heteroatoms. The van der Waals surface area contributed by atoms with E-state index in [0.29, 0.717) is 0 Å². The third-order valence-electron chi connectivity index (χ3n) is 3.01. The molecule has 15 heavy (non-hydrogen) atoms. The van der Waals surface area contributed by atoms with Crippen molar-refractivity contribution >= 4 is 11.3 Å². The molecule has 1 heterocycles.